The molecule has 102 valence electrons. The summed E-state index contributed by atoms with van der Waals surface area (Å²) in [4.78, 5) is 0. The molecule has 1 atom stereocenters. The van der Waals surface area contributed by atoms with Gasteiger partial charge in [-0.3, -0.25) is 0 Å². The van der Waals surface area contributed by atoms with E-state index in [1.165, 1.54) is 25.3 Å². The molecular weight excluding hydrogens is 249 g/mol. The molecule has 0 saturated heterocycles. The van der Waals surface area contributed by atoms with Crippen LogP contribution in [0.4, 0.5) is 8.78 Å². The van der Waals surface area contributed by atoms with Crippen LogP contribution >= 0.6 is 7.92 Å². The van der Waals surface area contributed by atoms with E-state index in [2.05, 4.69) is 13.8 Å². The number of unbranched alkanes of at least 4 members (excludes halogenated alkanes) is 3. The van der Waals surface area contributed by atoms with Crippen LogP contribution in [0.15, 0.2) is 18.2 Å². The molecule has 0 fully saturated rings. The molecule has 0 aliphatic heterocycles. The van der Waals surface area contributed by atoms with Crippen LogP contribution in [0.1, 0.15) is 46.0 Å². The minimum Gasteiger partial charge on any atom is -0.204 e. The predicted molar refractivity (Wildman–Crippen MR) is 78.5 cm³/mol. The molecule has 0 nitrogen and oxygen atoms in total. The number of hydrogen-bond acceptors (Lipinski definition) is 0. The van der Waals surface area contributed by atoms with Gasteiger partial charge in [0.2, 0.25) is 5.82 Å². The average Bonchev–Trinajstić information content (AvgIpc) is 2.37. The molecule has 0 aliphatic rings. The van der Waals surface area contributed by atoms with Gasteiger partial charge in [0.25, 0.3) is 0 Å². The molecule has 1 aromatic carbocycles. The molecule has 0 aromatic heterocycles. The minimum absolute atomic E-state index is 0.602. The highest BCUT2D eigenvalue weighted by molar-refractivity contribution is 7.65. The van der Waals surface area contributed by atoms with Gasteiger partial charge in [0.15, 0.2) is 5.82 Å². The third-order valence-electron chi connectivity index (χ3n) is 3.22. The Morgan fingerprint density at radius 2 is 1.72 bits per heavy atom. The van der Waals surface area contributed by atoms with E-state index >= 15 is 0 Å². The molecule has 18 heavy (non-hydrogen) atoms. The Morgan fingerprint density at radius 3 is 2.39 bits per heavy atom. The lowest BCUT2D eigenvalue weighted by Crippen LogP contribution is -2.12. The van der Waals surface area contributed by atoms with Crippen LogP contribution in [0.25, 0.3) is 0 Å². The highest BCUT2D eigenvalue weighted by atomic mass is 31.1. The fraction of sp³-hybridized carbons (Fsp3) is 0.600. The highest BCUT2D eigenvalue weighted by Crippen LogP contribution is 2.37. The lowest BCUT2D eigenvalue weighted by molar-refractivity contribution is 0.514. The zero-order valence-corrected chi connectivity index (χ0v) is 12.4. The van der Waals surface area contributed by atoms with Crippen LogP contribution in [0.5, 0.6) is 0 Å². The smallest absolute Gasteiger partial charge is 0.200 e. The van der Waals surface area contributed by atoms with Gasteiger partial charge in [-0.05, 0) is 31.4 Å². The molecule has 1 unspecified atom stereocenters. The summed E-state index contributed by atoms with van der Waals surface area (Å²) >= 11 is 0. The maximum Gasteiger partial charge on any atom is 0.200 e. The second kappa shape index (κ2) is 8.58. The third kappa shape index (κ3) is 4.65. The van der Waals surface area contributed by atoms with Gasteiger partial charge >= 0.3 is 0 Å². The predicted octanol–water partition coefficient (Wildman–Crippen LogP) is 4.79. The van der Waals surface area contributed by atoms with Gasteiger partial charge in [-0.2, -0.15) is 4.39 Å². The largest absolute Gasteiger partial charge is 0.204 e. The van der Waals surface area contributed by atoms with Crippen LogP contribution in [0, 0.1) is 11.6 Å². The summed E-state index contributed by atoms with van der Waals surface area (Å²) in [6.07, 6.45) is 7.98. The van der Waals surface area contributed by atoms with Crippen LogP contribution < -0.4 is 5.30 Å². The zero-order valence-electron chi connectivity index (χ0n) is 11.4. The van der Waals surface area contributed by atoms with Gasteiger partial charge in [-0.15, -0.1) is 0 Å². The molecule has 0 amide bonds. The molecule has 3 heteroatoms. The van der Waals surface area contributed by atoms with Crippen molar-refractivity contribution in [3.05, 3.63) is 29.8 Å². The van der Waals surface area contributed by atoms with E-state index in [1.54, 1.807) is 12.1 Å². The van der Waals surface area contributed by atoms with Crippen molar-refractivity contribution in [3.63, 3.8) is 0 Å². The first-order valence-electron chi connectivity index (χ1n) is 6.99. The van der Waals surface area contributed by atoms with Crippen molar-refractivity contribution < 1.29 is 8.78 Å². The molecule has 0 radical (unpaired) electrons. The van der Waals surface area contributed by atoms with Gasteiger partial charge in [0, 0.05) is 7.92 Å². The van der Waals surface area contributed by atoms with E-state index < -0.39 is 19.6 Å². The van der Waals surface area contributed by atoms with Crippen molar-refractivity contribution in [2.45, 2.75) is 46.0 Å². The Kier molecular flexibility index (Phi) is 7.42. The summed E-state index contributed by atoms with van der Waals surface area (Å²) < 4.78 is 27.1. The van der Waals surface area contributed by atoms with Crippen LogP contribution in [-0.2, 0) is 0 Å². The molecule has 0 aliphatic carbocycles. The standard InChI is InChI=1S/C15H23F2P/c1-3-5-6-7-12-18(11-4-2)14-10-8-9-13(16)15(14)17/h8-10H,3-7,11-12H2,1-2H3/p+1. The first-order valence-corrected chi connectivity index (χ1v) is 8.91. The third-order valence-corrected chi connectivity index (χ3v) is 6.43. The maximum absolute atomic E-state index is 13.8. The van der Waals surface area contributed by atoms with Gasteiger partial charge in [-0.25, -0.2) is 4.39 Å². The van der Waals surface area contributed by atoms with Crippen LogP contribution in [0.3, 0.4) is 0 Å². The number of halogens is 2. The molecule has 0 bridgehead atoms. The van der Waals surface area contributed by atoms with E-state index in [0.29, 0.717) is 5.30 Å². The van der Waals surface area contributed by atoms with E-state index in [0.717, 1.165) is 25.2 Å². The molecule has 1 aromatic rings. The molecule has 0 N–H and O–H groups in total. The van der Waals surface area contributed by atoms with Gasteiger partial charge in [-0.1, -0.05) is 32.8 Å². The van der Waals surface area contributed by atoms with Gasteiger partial charge in [0.1, 0.15) is 5.30 Å². The summed E-state index contributed by atoms with van der Waals surface area (Å²) in [5.74, 6) is -1.30. The number of benzene rings is 1. The second-order valence-corrected chi connectivity index (χ2v) is 7.51. The van der Waals surface area contributed by atoms with Crippen molar-refractivity contribution >= 4 is 13.2 Å². The fourth-order valence-electron chi connectivity index (χ4n) is 2.24. The molecule has 1 rings (SSSR count). The van der Waals surface area contributed by atoms with E-state index in [9.17, 15) is 8.78 Å². The number of hydrogen-bond donors (Lipinski definition) is 0. The molecule has 0 saturated carbocycles. The lowest BCUT2D eigenvalue weighted by Gasteiger charge is -2.10. The normalized spacial score (nSPS) is 12.7. The van der Waals surface area contributed by atoms with E-state index in [4.69, 9.17) is 0 Å². The topological polar surface area (TPSA) is 0 Å². The van der Waals surface area contributed by atoms with E-state index in [1.807, 2.05) is 0 Å². The summed E-state index contributed by atoms with van der Waals surface area (Å²) in [5.41, 5.74) is 0. The SMILES string of the molecule is CCCCCC[PH+](CCC)c1cccc(F)c1F. The van der Waals surface area contributed by atoms with Gasteiger partial charge in [0.05, 0.1) is 12.3 Å². The Labute approximate surface area is 111 Å². The summed E-state index contributed by atoms with van der Waals surface area (Å²) in [5, 5.41) is 0.665. The van der Waals surface area contributed by atoms with Crippen molar-refractivity contribution in [2.24, 2.45) is 0 Å². The Morgan fingerprint density at radius 1 is 0.944 bits per heavy atom. The molecular formula is C15H24F2P+. The first kappa shape index (κ1) is 15.6. The van der Waals surface area contributed by atoms with Crippen molar-refractivity contribution in [2.75, 3.05) is 12.3 Å². The Hall–Kier alpha value is -0.490. The summed E-state index contributed by atoms with van der Waals surface area (Å²) in [6.45, 7) is 4.30. The van der Waals surface area contributed by atoms with Crippen LogP contribution in [0.2, 0.25) is 0 Å². The van der Waals surface area contributed by atoms with Crippen molar-refractivity contribution in [1.82, 2.24) is 0 Å². The average molecular weight is 273 g/mol. The minimum atomic E-state index is -0.921. The second-order valence-electron chi connectivity index (χ2n) is 4.77. The summed E-state index contributed by atoms with van der Waals surface area (Å²) in [7, 11) is -0.921. The van der Waals surface area contributed by atoms with Crippen molar-refractivity contribution in [1.29, 1.82) is 0 Å². The Balaban J connectivity index is 2.68. The highest BCUT2D eigenvalue weighted by Gasteiger charge is 2.23. The molecule has 0 spiro atoms. The monoisotopic (exact) mass is 273 g/mol. The Bertz CT molecular complexity index is 352. The lowest BCUT2D eigenvalue weighted by atomic mass is 10.2. The fourth-order valence-corrected chi connectivity index (χ4v) is 5.07. The van der Waals surface area contributed by atoms with Crippen LogP contribution in [-0.4, -0.2) is 12.3 Å². The zero-order chi connectivity index (χ0) is 13.4. The van der Waals surface area contributed by atoms with Crippen molar-refractivity contribution in [3.8, 4) is 0 Å². The summed E-state index contributed by atoms with van der Waals surface area (Å²) in [6, 6.07) is 4.63. The number of rotatable bonds is 8. The quantitative estimate of drug-likeness (QED) is 0.471. The maximum atomic E-state index is 13.8. The first-order chi connectivity index (χ1) is 8.70. The van der Waals surface area contributed by atoms with E-state index in [-0.39, 0.29) is 0 Å². The molecule has 0 heterocycles. The van der Waals surface area contributed by atoms with Gasteiger partial charge < -0.3 is 0 Å².